The van der Waals surface area contributed by atoms with Crippen LogP contribution in [0.5, 0.6) is 0 Å². The number of hydrogen-bond acceptors (Lipinski definition) is 2. The highest BCUT2D eigenvalue weighted by Gasteiger charge is 2.28. The summed E-state index contributed by atoms with van der Waals surface area (Å²) in [5, 5.41) is 9.12. The van der Waals surface area contributed by atoms with E-state index in [0.717, 1.165) is 29.6 Å². The summed E-state index contributed by atoms with van der Waals surface area (Å²) in [7, 11) is 0. The molecule has 0 aromatic carbocycles. The lowest BCUT2D eigenvalue weighted by molar-refractivity contribution is 0.0673. The van der Waals surface area contributed by atoms with E-state index in [-0.39, 0.29) is 6.10 Å². The van der Waals surface area contributed by atoms with Crippen molar-refractivity contribution in [2.45, 2.75) is 32.4 Å². The number of hydrogen-bond donors (Lipinski definition) is 1. The average molecular weight is 349 g/mol. The van der Waals surface area contributed by atoms with Gasteiger partial charge in [0.05, 0.1) is 6.10 Å². The third-order valence-electron chi connectivity index (χ3n) is 3.26. The SMILES string of the molecule is CCC1OCCC1Cn1cc(I)cc1C(=O)O. The Kier molecular flexibility index (Phi) is 4.09. The van der Waals surface area contributed by atoms with Crippen LogP contribution >= 0.6 is 22.6 Å². The number of rotatable bonds is 4. The monoisotopic (exact) mass is 349 g/mol. The maximum Gasteiger partial charge on any atom is 0.352 e. The molecule has 0 bridgehead atoms. The smallest absolute Gasteiger partial charge is 0.352 e. The molecule has 2 rings (SSSR count). The summed E-state index contributed by atoms with van der Waals surface area (Å²) < 4.78 is 8.44. The number of carboxylic acid groups (broad SMARTS) is 1. The fourth-order valence-electron chi connectivity index (χ4n) is 2.41. The molecule has 17 heavy (non-hydrogen) atoms. The van der Waals surface area contributed by atoms with Crippen LogP contribution in [0, 0.1) is 9.49 Å². The minimum Gasteiger partial charge on any atom is -0.477 e. The molecule has 2 heterocycles. The Morgan fingerprint density at radius 1 is 1.71 bits per heavy atom. The number of nitrogens with zero attached hydrogens (tertiary/aromatic N) is 1. The highest BCUT2D eigenvalue weighted by molar-refractivity contribution is 14.1. The van der Waals surface area contributed by atoms with E-state index < -0.39 is 5.97 Å². The Morgan fingerprint density at radius 3 is 3.12 bits per heavy atom. The first-order valence-electron chi connectivity index (χ1n) is 5.82. The molecule has 1 saturated heterocycles. The molecule has 5 heteroatoms. The van der Waals surface area contributed by atoms with Crippen molar-refractivity contribution in [2.75, 3.05) is 6.61 Å². The maximum absolute atomic E-state index is 11.1. The van der Waals surface area contributed by atoms with Gasteiger partial charge >= 0.3 is 5.97 Å². The second kappa shape index (κ2) is 5.39. The summed E-state index contributed by atoms with van der Waals surface area (Å²) in [5.74, 6) is -0.429. The van der Waals surface area contributed by atoms with Gasteiger partial charge in [-0.25, -0.2) is 4.79 Å². The Labute approximate surface area is 114 Å². The van der Waals surface area contributed by atoms with Crippen LogP contribution < -0.4 is 0 Å². The fraction of sp³-hybridized carbons (Fsp3) is 0.583. The number of carbonyl (C=O) groups is 1. The number of halogens is 1. The van der Waals surface area contributed by atoms with Crippen molar-refractivity contribution >= 4 is 28.6 Å². The Bertz CT molecular complexity index is 416. The third kappa shape index (κ3) is 2.82. The Morgan fingerprint density at radius 2 is 2.47 bits per heavy atom. The Balaban J connectivity index is 2.15. The molecule has 2 unspecified atom stereocenters. The van der Waals surface area contributed by atoms with Gasteiger partial charge in [0.1, 0.15) is 5.69 Å². The van der Waals surface area contributed by atoms with E-state index in [4.69, 9.17) is 9.84 Å². The summed E-state index contributed by atoms with van der Waals surface area (Å²) in [5.41, 5.74) is 0.371. The van der Waals surface area contributed by atoms with Crippen molar-refractivity contribution in [1.29, 1.82) is 0 Å². The number of aromatic carboxylic acids is 1. The summed E-state index contributed by atoms with van der Waals surface area (Å²) >= 11 is 2.15. The number of carboxylic acids is 1. The summed E-state index contributed by atoms with van der Waals surface area (Å²) in [4.78, 5) is 11.1. The first-order chi connectivity index (χ1) is 8.11. The van der Waals surface area contributed by atoms with Crippen LogP contribution in [0.3, 0.4) is 0 Å². The van der Waals surface area contributed by atoms with Gasteiger partial charge < -0.3 is 14.4 Å². The van der Waals surface area contributed by atoms with E-state index in [9.17, 15) is 4.79 Å². The van der Waals surface area contributed by atoms with Crippen LogP contribution in [0.1, 0.15) is 30.3 Å². The predicted molar refractivity (Wildman–Crippen MR) is 72.2 cm³/mol. The average Bonchev–Trinajstić information content (AvgIpc) is 2.85. The molecule has 2 atom stereocenters. The first-order valence-corrected chi connectivity index (χ1v) is 6.90. The molecule has 0 amide bonds. The zero-order valence-corrected chi connectivity index (χ0v) is 11.9. The summed E-state index contributed by atoms with van der Waals surface area (Å²) in [6.45, 7) is 3.65. The highest BCUT2D eigenvalue weighted by atomic mass is 127. The van der Waals surface area contributed by atoms with Crippen LogP contribution in [0.4, 0.5) is 0 Å². The van der Waals surface area contributed by atoms with E-state index in [0.29, 0.717) is 11.6 Å². The molecular weight excluding hydrogens is 333 g/mol. The Hall–Kier alpha value is -0.560. The molecule has 0 radical (unpaired) electrons. The molecule has 1 aromatic heterocycles. The molecular formula is C12H16INO3. The summed E-state index contributed by atoms with van der Waals surface area (Å²) in [6.07, 6.45) is 4.18. The van der Waals surface area contributed by atoms with E-state index >= 15 is 0 Å². The first kappa shape index (κ1) is 12.9. The van der Waals surface area contributed by atoms with Gasteiger partial charge in [0.25, 0.3) is 0 Å². The van der Waals surface area contributed by atoms with Crippen LogP contribution in [0.15, 0.2) is 12.3 Å². The van der Waals surface area contributed by atoms with Gasteiger partial charge in [-0.15, -0.1) is 0 Å². The minimum atomic E-state index is -0.861. The lowest BCUT2D eigenvalue weighted by Crippen LogP contribution is -2.21. The molecule has 1 fully saturated rings. The maximum atomic E-state index is 11.1. The molecule has 4 nitrogen and oxygen atoms in total. The number of ether oxygens (including phenoxy) is 1. The van der Waals surface area contributed by atoms with E-state index in [1.807, 2.05) is 10.8 Å². The van der Waals surface area contributed by atoms with Crippen LogP contribution in [-0.2, 0) is 11.3 Å². The van der Waals surface area contributed by atoms with Gasteiger partial charge in [0, 0.05) is 28.8 Å². The molecule has 0 saturated carbocycles. The topological polar surface area (TPSA) is 51.5 Å². The molecule has 0 spiro atoms. The lowest BCUT2D eigenvalue weighted by Gasteiger charge is -2.18. The minimum absolute atomic E-state index is 0.275. The van der Waals surface area contributed by atoms with Gasteiger partial charge in [-0.2, -0.15) is 0 Å². The van der Waals surface area contributed by atoms with Gasteiger partial charge in [-0.05, 0) is 41.5 Å². The molecule has 0 aliphatic carbocycles. The van der Waals surface area contributed by atoms with Crippen molar-refractivity contribution < 1.29 is 14.6 Å². The number of aromatic nitrogens is 1. The van der Waals surface area contributed by atoms with Gasteiger partial charge in [0.15, 0.2) is 0 Å². The van der Waals surface area contributed by atoms with E-state index in [1.54, 1.807) is 6.07 Å². The zero-order valence-electron chi connectivity index (χ0n) is 9.73. The molecule has 94 valence electrons. The molecule has 1 N–H and O–H groups in total. The van der Waals surface area contributed by atoms with Crippen molar-refractivity contribution in [3.8, 4) is 0 Å². The van der Waals surface area contributed by atoms with Gasteiger partial charge in [0.2, 0.25) is 0 Å². The highest BCUT2D eigenvalue weighted by Crippen LogP contribution is 2.26. The van der Waals surface area contributed by atoms with Crippen molar-refractivity contribution in [2.24, 2.45) is 5.92 Å². The summed E-state index contributed by atoms with van der Waals surface area (Å²) in [6, 6.07) is 1.71. The fourth-order valence-corrected chi connectivity index (χ4v) is 3.04. The quantitative estimate of drug-likeness (QED) is 0.851. The second-order valence-corrected chi connectivity index (χ2v) is 5.61. The largest absolute Gasteiger partial charge is 0.477 e. The van der Waals surface area contributed by atoms with Crippen molar-refractivity contribution in [1.82, 2.24) is 4.57 Å². The predicted octanol–water partition coefficient (Wildman–Crippen LogP) is 2.61. The zero-order chi connectivity index (χ0) is 12.4. The second-order valence-electron chi connectivity index (χ2n) is 4.37. The van der Waals surface area contributed by atoms with Gasteiger partial charge in [-0.1, -0.05) is 6.92 Å². The van der Waals surface area contributed by atoms with E-state index in [2.05, 4.69) is 29.5 Å². The van der Waals surface area contributed by atoms with Crippen LogP contribution in [0.2, 0.25) is 0 Å². The molecule has 1 aromatic rings. The third-order valence-corrected chi connectivity index (χ3v) is 3.85. The van der Waals surface area contributed by atoms with Crippen LogP contribution in [-0.4, -0.2) is 28.4 Å². The normalized spacial score (nSPS) is 24.1. The lowest BCUT2D eigenvalue weighted by atomic mass is 9.99. The van der Waals surface area contributed by atoms with Crippen molar-refractivity contribution in [3.05, 3.63) is 21.5 Å². The van der Waals surface area contributed by atoms with Crippen molar-refractivity contribution in [3.63, 3.8) is 0 Å². The van der Waals surface area contributed by atoms with Crippen LogP contribution in [0.25, 0.3) is 0 Å². The van der Waals surface area contributed by atoms with E-state index in [1.165, 1.54) is 0 Å². The van der Waals surface area contributed by atoms with Gasteiger partial charge in [-0.3, -0.25) is 0 Å². The standard InChI is InChI=1S/C12H16INO3/c1-2-11-8(3-4-17-11)6-14-7-9(13)5-10(14)12(15)16/h5,7-8,11H,2-4,6H2,1H3,(H,15,16). The molecule has 1 aliphatic heterocycles. The molecule has 1 aliphatic rings.